The highest BCUT2D eigenvalue weighted by atomic mass is 32.2. The van der Waals surface area contributed by atoms with E-state index in [0.717, 1.165) is 12.1 Å². The average molecular weight is 771 g/mol. The number of amides is 4. The third-order valence-electron chi connectivity index (χ3n) is 8.51. The highest BCUT2D eigenvalue weighted by Gasteiger charge is 2.21. The number of benzene rings is 6. The minimum absolute atomic E-state index is 0.00565. The van der Waals surface area contributed by atoms with Gasteiger partial charge in [-0.25, -0.2) is 4.79 Å². The summed E-state index contributed by atoms with van der Waals surface area (Å²) in [5, 5.41) is 31.7. The fraction of sp³-hybridized carbons (Fsp3) is 0.0541. The zero-order valence-corrected chi connectivity index (χ0v) is 29.8. The fourth-order valence-electron chi connectivity index (χ4n) is 5.85. The number of aromatic hydroxyl groups is 2. The number of rotatable bonds is 8. The van der Waals surface area contributed by atoms with Gasteiger partial charge < -0.3 is 20.8 Å². The first-order valence-corrected chi connectivity index (χ1v) is 18.7. The summed E-state index contributed by atoms with van der Waals surface area (Å²) >= 11 is 0. The second kappa shape index (κ2) is 14.1. The molecule has 0 saturated carbocycles. The zero-order chi connectivity index (χ0) is 39.1. The maximum absolute atomic E-state index is 13.1. The normalized spacial score (nSPS) is 11.6. The van der Waals surface area contributed by atoms with Crippen LogP contribution in [0.3, 0.4) is 0 Å². The molecule has 0 atom stereocenters. The first-order valence-electron chi connectivity index (χ1n) is 15.8. The van der Waals surface area contributed by atoms with Crippen molar-refractivity contribution in [3.8, 4) is 11.5 Å². The Hall–Kier alpha value is -6.53. The monoisotopic (exact) mass is 770 g/mol. The molecule has 0 aromatic heterocycles. The Bertz CT molecular complexity index is 2600. The molecule has 8 N–H and O–H groups in total. The number of hydrogen-bond donors (Lipinski definition) is 8. The van der Waals surface area contributed by atoms with Crippen molar-refractivity contribution < 1.29 is 50.5 Å². The summed E-state index contributed by atoms with van der Waals surface area (Å²) < 4.78 is 67.1. The van der Waals surface area contributed by atoms with Crippen molar-refractivity contribution >= 4 is 82.4 Å². The van der Waals surface area contributed by atoms with Crippen LogP contribution in [0.4, 0.5) is 27.5 Å². The molecular formula is C37H30N4O11S2. The number of carbonyl (C=O) groups is 3. The number of aryl methyl sites for hydroxylation is 2. The number of phenolic OH excluding ortho intramolecular Hbond substituents is 2. The molecule has 15 nitrogen and oxygen atoms in total. The van der Waals surface area contributed by atoms with E-state index < -0.39 is 47.9 Å². The molecular weight excluding hydrogens is 741 g/mol. The molecule has 54 heavy (non-hydrogen) atoms. The molecule has 4 amide bonds. The van der Waals surface area contributed by atoms with Crippen LogP contribution in [0.5, 0.6) is 11.5 Å². The summed E-state index contributed by atoms with van der Waals surface area (Å²) in [4.78, 5) is 38.2. The maximum Gasteiger partial charge on any atom is 0.328 e. The first-order chi connectivity index (χ1) is 25.4. The van der Waals surface area contributed by atoms with Crippen molar-refractivity contribution in [3.05, 3.63) is 119 Å². The summed E-state index contributed by atoms with van der Waals surface area (Å²) in [6.07, 6.45) is 0. The Kier molecular flexibility index (Phi) is 9.74. The lowest BCUT2D eigenvalue weighted by atomic mass is 10.1. The number of hydrogen-bond acceptors (Lipinski definition) is 11. The highest BCUT2D eigenvalue weighted by Crippen LogP contribution is 2.39. The minimum Gasteiger partial charge on any atom is -0.507 e. The van der Waals surface area contributed by atoms with E-state index in [1.54, 1.807) is 26.0 Å². The molecule has 0 aliphatic carbocycles. The Morgan fingerprint density at radius 2 is 0.907 bits per heavy atom. The minimum atomic E-state index is -4.62. The van der Waals surface area contributed by atoms with Crippen LogP contribution in [-0.4, -0.2) is 54.0 Å². The molecule has 0 radical (unpaired) electrons. The van der Waals surface area contributed by atoms with Gasteiger partial charge in [0.2, 0.25) is 0 Å². The lowest BCUT2D eigenvalue weighted by molar-refractivity contribution is 0.0944. The van der Waals surface area contributed by atoms with Crippen molar-refractivity contribution in [2.45, 2.75) is 23.6 Å². The van der Waals surface area contributed by atoms with E-state index in [9.17, 15) is 50.5 Å². The van der Waals surface area contributed by atoms with Crippen LogP contribution in [0.2, 0.25) is 0 Å². The van der Waals surface area contributed by atoms with Crippen LogP contribution in [0.15, 0.2) is 107 Å². The van der Waals surface area contributed by atoms with Crippen LogP contribution in [0.1, 0.15) is 31.8 Å². The SMILES string of the molecule is Cc1ccc(C(=O)NC(=O)NC(=O)c2ccc(C)c(Nc3ccc(S(=O)(=O)O)c4cccc(O)c34)c2)cc1Nc1ccc(S(=O)(=O)O)c2cccc(O)c12. The predicted molar refractivity (Wildman–Crippen MR) is 200 cm³/mol. The van der Waals surface area contributed by atoms with Gasteiger partial charge in [0.05, 0.1) is 11.4 Å². The van der Waals surface area contributed by atoms with Gasteiger partial charge in [0.25, 0.3) is 32.1 Å². The molecule has 0 fully saturated rings. The maximum atomic E-state index is 13.1. The third kappa shape index (κ3) is 7.50. The fourth-order valence-corrected chi connectivity index (χ4v) is 7.22. The molecule has 0 saturated heterocycles. The van der Waals surface area contributed by atoms with Crippen LogP contribution >= 0.6 is 0 Å². The Morgan fingerprint density at radius 1 is 0.519 bits per heavy atom. The smallest absolute Gasteiger partial charge is 0.328 e. The quantitative estimate of drug-likeness (QED) is 0.0795. The number of anilines is 4. The van der Waals surface area contributed by atoms with E-state index in [4.69, 9.17) is 0 Å². The topological polar surface area (TPSA) is 249 Å². The number of phenols is 2. The Morgan fingerprint density at radius 3 is 1.28 bits per heavy atom. The van der Waals surface area contributed by atoms with E-state index in [1.165, 1.54) is 72.8 Å². The first kappa shape index (κ1) is 37.2. The molecule has 6 aromatic rings. The molecule has 0 spiro atoms. The van der Waals surface area contributed by atoms with Crippen LogP contribution in [0.25, 0.3) is 21.5 Å². The van der Waals surface area contributed by atoms with Crippen molar-refractivity contribution in [3.63, 3.8) is 0 Å². The van der Waals surface area contributed by atoms with Gasteiger partial charge in [-0.2, -0.15) is 16.8 Å². The van der Waals surface area contributed by atoms with Gasteiger partial charge in [-0.15, -0.1) is 0 Å². The molecule has 6 aromatic carbocycles. The summed E-state index contributed by atoms with van der Waals surface area (Å²) in [7, 11) is -9.24. The van der Waals surface area contributed by atoms with Crippen molar-refractivity contribution in [2.75, 3.05) is 10.6 Å². The van der Waals surface area contributed by atoms with E-state index in [1.807, 2.05) is 0 Å². The summed E-state index contributed by atoms with van der Waals surface area (Å²) in [5.41, 5.74) is 2.51. The standard InChI is InChI=1S/C37H30N4O11S2/c1-19-9-11-21(17-27(19)38-25-13-15-31(53(47,48)49)23-5-3-7-29(42)33(23)25)35(44)40-37(46)41-36(45)22-12-10-20(2)28(18-22)39-26-14-16-32(54(50,51)52)24-6-4-8-30(43)34(24)26/h3-18,38-39,42-43H,1-2H3,(H,47,48,49)(H,50,51,52)(H2,40,41,44,45,46). The van der Waals surface area contributed by atoms with Gasteiger partial charge in [-0.3, -0.25) is 29.3 Å². The number of imide groups is 2. The molecule has 0 bridgehead atoms. The third-order valence-corrected chi connectivity index (χ3v) is 10.3. The molecule has 17 heteroatoms. The molecule has 0 heterocycles. The van der Waals surface area contributed by atoms with Crippen LogP contribution in [0, 0.1) is 13.8 Å². The lowest BCUT2D eigenvalue weighted by Gasteiger charge is -2.16. The average Bonchev–Trinajstić information content (AvgIpc) is 3.09. The van der Waals surface area contributed by atoms with E-state index >= 15 is 0 Å². The second-order valence-electron chi connectivity index (χ2n) is 12.1. The highest BCUT2D eigenvalue weighted by molar-refractivity contribution is 7.86. The lowest BCUT2D eigenvalue weighted by Crippen LogP contribution is -2.42. The summed E-state index contributed by atoms with van der Waals surface area (Å²) in [5.74, 6) is -2.29. The van der Waals surface area contributed by atoms with Crippen molar-refractivity contribution in [1.29, 1.82) is 0 Å². The van der Waals surface area contributed by atoms with Crippen molar-refractivity contribution in [1.82, 2.24) is 10.6 Å². The van der Waals surface area contributed by atoms with Gasteiger partial charge in [0.1, 0.15) is 21.3 Å². The van der Waals surface area contributed by atoms with Crippen molar-refractivity contribution in [2.24, 2.45) is 0 Å². The van der Waals surface area contributed by atoms with E-state index in [0.29, 0.717) is 22.5 Å². The Balaban J connectivity index is 1.19. The molecule has 276 valence electrons. The van der Waals surface area contributed by atoms with Gasteiger partial charge in [0.15, 0.2) is 0 Å². The van der Waals surface area contributed by atoms with Gasteiger partial charge in [0, 0.05) is 44.0 Å². The second-order valence-corrected chi connectivity index (χ2v) is 14.9. The number of fused-ring (bicyclic) bond motifs is 2. The summed E-state index contributed by atoms with van der Waals surface area (Å²) in [6, 6.07) is 21.1. The largest absolute Gasteiger partial charge is 0.507 e. The number of carbonyl (C=O) groups excluding carboxylic acids is 3. The van der Waals surface area contributed by atoms with Gasteiger partial charge in [-0.05, 0) is 85.6 Å². The van der Waals surface area contributed by atoms with E-state index in [-0.39, 0.29) is 55.5 Å². The molecule has 0 aliphatic heterocycles. The van der Waals surface area contributed by atoms with Gasteiger partial charge in [-0.1, -0.05) is 36.4 Å². The van der Waals surface area contributed by atoms with Crippen LogP contribution in [-0.2, 0) is 20.2 Å². The summed E-state index contributed by atoms with van der Waals surface area (Å²) in [6.45, 7) is 3.43. The molecule has 0 aliphatic rings. The Labute approximate surface area is 307 Å². The van der Waals surface area contributed by atoms with Crippen LogP contribution < -0.4 is 21.3 Å². The predicted octanol–water partition coefficient (Wildman–Crippen LogP) is 6.28. The number of nitrogens with one attached hydrogen (secondary N) is 4. The van der Waals surface area contributed by atoms with E-state index in [2.05, 4.69) is 21.3 Å². The molecule has 0 unspecified atom stereocenters. The molecule has 6 rings (SSSR count). The van der Waals surface area contributed by atoms with Gasteiger partial charge >= 0.3 is 6.03 Å². The number of urea groups is 1. The zero-order valence-electron chi connectivity index (χ0n) is 28.2.